The van der Waals surface area contributed by atoms with Crippen LogP contribution < -0.4 is 0 Å². The van der Waals surface area contributed by atoms with Crippen LogP contribution >= 0.6 is 0 Å². The van der Waals surface area contributed by atoms with Gasteiger partial charge in [-0.2, -0.15) is 0 Å². The van der Waals surface area contributed by atoms with E-state index in [0.717, 1.165) is 12.8 Å². The lowest BCUT2D eigenvalue weighted by atomic mass is 9.89. The number of nitrogens with zero attached hydrogens (tertiary/aromatic N) is 1. The van der Waals surface area contributed by atoms with Gasteiger partial charge in [0.05, 0.1) is 6.61 Å². The summed E-state index contributed by atoms with van der Waals surface area (Å²) >= 11 is 0. The predicted molar refractivity (Wildman–Crippen MR) is 56.9 cm³/mol. The molecule has 0 aliphatic heterocycles. The summed E-state index contributed by atoms with van der Waals surface area (Å²) in [5.41, 5.74) is 0. The average molecular weight is 226 g/mol. The van der Waals surface area contributed by atoms with Gasteiger partial charge in [0.1, 0.15) is 0 Å². The van der Waals surface area contributed by atoms with Crippen LogP contribution in [0.4, 0.5) is 12.9 Å². The van der Waals surface area contributed by atoms with Gasteiger partial charge in [-0.05, 0) is 19.3 Å². The first kappa shape index (κ1) is 14.8. The maximum Gasteiger partial charge on any atom is 0.492 e. The highest BCUT2D eigenvalue weighted by molar-refractivity contribution is 6.58. The Morgan fingerprint density at radius 3 is 2.07 bits per heavy atom. The lowest BCUT2D eigenvalue weighted by Crippen LogP contribution is -2.45. The van der Waals surface area contributed by atoms with Gasteiger partial charge in [0.25, 0.3) is 0 Å². The molecule has 0 atom stereocenters. The number of methoxy groups -OCH3 is 1. The summed E-state index contributed by atoms with van der Waals surface area (Å²) in [5, 5.41) is 0. The number of ether oxygens (including phenoxy) is 1. The molecular weight excluding hydrogens is 206 g/mol. The Morgan fingerprint density at radius 1 is 1.20 bits per heavy atom. The first-order valence-corrected chi connectivity index (χ1v) is 5.38. The van der Waals surface area contributed by atoms with Crippen LogP contribution in [-0.4, -0.2) is 44.6 Å². The van der Waals surface area contributed by atoms with E-state index in [1.54, 1.807) is 0 Å². The van der Waals surface area contributed by atoms with Crippen molar-refractivity contribution in [2.75, 3.05) is 26.7 Å². The van der Waals surface area contributed by atoms with E-state index in [0.29, 0.717) is 13.2 Å². The minimum Gasteiger partial charge on any atom is -0.448 e. The van der Waals surface area contributed by atoms with Crippen LogP contribution in [0.3, 0.4) is 0 Å². The van der Waals surface area contributed by atoms with Gasteiger partial charge in [-0.15, -0.1) is 0 Å². The molecule has 0 unspecified atom stereocenters. The van der Waals surface area contributed by atoms with Crippen molar-refractivity contribution >= 4 is 6.98 Å². The molecule has 15 heavy (non-hydrogen) atoms. The summed E-state index contributed by atoms with van der Waals surface area (Å²) in [5.74, 6) is 0. The summed E-state index contributed by atoms with van der Waals surface area (Å²) < 4.78 is 41.9. The second kappa shape index (κ2) is 7.12. The van der Waals surface area contributed by atoms with Crippen molar-refractivity contribution in [3.05, 3.63) is 0 Å². The van der Waals surface area contributed by atoms with Gasteiger partial charge in [0.2, 0.25) is 0 Å². The first-order chi connectivity index (χ1) is 6.94. The summed E-state index contributed by atoms with van der Waals surface area (Å²) in [6.45, 7) is -0.214. The van der Waals surface area contributed by atoms with Crippen LogP contribution in [0, 0.1) is 0 Å². The van der Waals surface area contributed by atoms with Crippen LogP contribution in [-0.2, 0) is 4.74 Å². The second-order valence-electron chi connectivity index (χ2n) is 3.67. The average Bonchev–Trinajstić information content (AvgIpc) is 2.13. The molecule has 0 saturated carbocycles. The summed E-state index contributed by atoms with van der Waals surface area (Å²) in [6, 6.07) is 0.00338. The Labute approximate surface area is 89.8 Å². The van der Waals surface area contributed by atoms with Crippen molar-refractivity contribution in [2.24, 2.45) is 0 Å². The highest BCUT2D eigenvalue weighted by Gasteiger charge is 2.28. The van der Waals surface area contributed by atoms with Crippen LogP contribution in [0.2, 0.25) is 0 Å². The number of hydrogen-bond donors (Lipinski definition) is 0. The minimum atomic E-state index is -4.74. The van der Waals surface area contributed by atoms with Crippen molar-refractivity contribution in [3.8, 4) is 0 Å². The van der Waals surface area contributed by atoms with Crippen molar-refractivity contribution in [3.63, 3.8) is 0 Å². The summed E-state index contributed by atoms with van der Waals surface area (Å²) in [4.78, 5) is 1.48. The normalized spacial score (nSPS) is 12.8. The number of halogens is 3. The van der Waals surface area contributed by atoms with E-state index in [1.165, 1.54) is 12.0 Å². The van der Waals surface area contributed by atoms with Gasteiger partial charge in [-0.3, -0.25) is 0 Å². The standard InChI is InChI=1S/C9H20BF3NO/c1-4-9(5-2)14(6-7-15-3)8-10(11,12)13/h9H,4-8H2,1-3H3/q-1. The molecule has 0 aliphatic carbocycles. The molecule has 0 aromatic heterocycles. The van der Waals surface area contributed by atoms with Crippen molar-refractivity contribution < 1.29 is 17.7 Å². The zero-order chi connectivity index (χ0) is 11.9. The SMILES string of the molecule is CCC(CC)N(CCOC)C[B-](F)(F)F. The molecule has 0 aromatic rings. The van der Waals surface area contributed by atoms with Gasteiger partial charge in [-0.25, -0.2) is 0 Å². The quantitative estimate of drug-likeness (QED) is 0.589. The minimum absolute atomic E-state index is 0.00338. The van der Waals surface area contributed by atoms with E-state index in [4.69, 9.17) is 4.74 Å². The second-order valence-corrected chi connectivity index (χ2v) is 3.67. The van der Waals surface area contributed by atoms with Crippen LogP contribution in [0.5, 0.6) is 0 Å². The molecule has 6 heteroatoms. The van der Waals surface area contributed by atoms with Gasteiger partial charge < -0.3 is 22.6 Å². The van der Waals surface area contributed by atoms with E-state index in [-0.39, 0.29) is 6.04 Å². The highest BCUT2D eigenvalue weighted by Crippen LogP contribution is 2.15. The van der Waals surface area contributed by atoms with Crippen LogP contribution in [0.1, 0.15) is 26.7 Å². The van der Waals surface area contributed by atoms with Gasteiger partial charge in [0, 0.05) is 19.7 Å². The molecule has 0 rings (SSSR count). The highest BCUT2D eigenvalue weighted by atomic mass is 19.4. The Kier molecular flexibility index (Phi) is 7.01. The third-order valence-corrected chi connectivity index (χ3v) is 2.48. The maximum absolute atomic E-state index is 12.3. The Bertz CT molecular complexity index is 162. The molecule has 0 bridgehead atoms. The first-order valence-electron chi connectivity index (χ1n) is 5.38. The molecule has 0 saturated heterocycles. The zero-order valence-electron chi connectivity index (χ0n) is 9.68. The van der Waals surface area contributed by atoms with Gasteiger partial charge in [0.15, 0.2) is 0 Å². The largest absolute Gasteiger partial charge is 0.492 e. The Hall–Kier alpha value is -0.225. The molecule has 0 amide bonds. The molecule has 0 radical (unpaired) electrons. The molecule has 92 valence electrons. The molecule has 2 nitrogen and oxygen atoms in total. The lowest BCUT2D eigenvalue weighted by molar-refractivity contribution is 0.121. The van der Waals surface area contributed by atoms with Crippen molar-refractivity contribution in [2.45, 2.75) is 32.7 Å². The third kappa shape index (κ3) is 6.79. The zero-order valence-corrected chi connectivity index (χ0v) is 9.68. The molecule has 0 aliphatic rings. The summed E-state index contributed by atoms with van der Waals surface area (Å²) in [7, 11) is 1.50. The Morgan fingerprint density at radius 2 is 1.73 bits per heavy atom. The smallest absolute Gasteiger partial charge is 0.448 e. The van der Waals surface area contributed by atoms with Crippen molar-refractivity contribution in [1.29, 1.82) is 0 Å². The van der Waals surface area contributed by atoms with Gasteiger partial charge in [-0.1, -0.05) is 13.8 Å². The van der Waals surface area contributed by atoms with Crippen molar-refractivity contribution in [1.82, 2.24) is 4.90 Å². The fourth-order valence-electron chi connectivity index (χ4n) is 1.70. The monoisotopic (exact) mass is 226 g/mol. The molecule has 0 heterocycles. The molecule has 0 N–H and O–H groups in total. The van der Waals surface area contributed by atoms with Crippen LogP contribution in [0.15, 0.2) is 0 Å². The van der Waals surface area contributed by atoms with E-state index >= 15 is 0 Å². The third-order valence-electron chi connectivity index (χ3n) is 2.48. The van der Waals surface area contributed by atoms with E-state index in [1.807, 2.05) is 13.8 Å². The van der Waals surface area contributed by atoms with Gasteiger partial charge >= 0.3 is 6.98 Å². The molecule has 0 fully saturated rings. The number of rotatable bonds is 8. The fourth-order valence-corrected chi connectivity index (χ4v) is 1.70. The lowest BCUT2D eigenvalue weighted by Gasteiger charge is -2.34. The topological polar surface area (TPSA) is 12.5 Å². The number of hydrogen-bond acceptors (Lipinski definition) is 2. The van der Waals surface area contributed by atoms with E-state index in [9.17, 15) is 12.9 Å². The van der Waals surface area contributed by atoms with E-state index in [2.05, 4.69) is 0 Å². The Balaban J connectivity index is 4.28. The van der Waals surface area contributed by atoms with Crippen LogP contribution in [0.25, 0.3) is 0 Å². The maximum atomic E-state index is 12.3. The summed E-state index contributed by atoms with van der Waals surface area (Å²) in [6.07, 6.45) is 0.703. The fraction of sp³-hybridized carbons (Fsp3) is 1.00. The predicted octanol–water partition coefficient (Wildman–Crippen LogP) is 2.51. The van der Waals surface area contributed by atoms with E-state index < -0.39 is 13.4 Å². The molecule has 0 spiro atoms. The molecular formula is C9H20BF3NO-. The molecule has 0 aromatic carbocycles.